The monoisotopic (exact) mass is 449 g/mol. The molecule has 6 nitrogen and oxygen atoms in total. The Morgan fingerprint density at radius 2 is 2.12 bits per heavy atom. The van der Waals surface area contributed by atoms with E-state index in [2.05, 4.69) is 11.1 Å². The number of hydrogen-bond donors (Lipinski definition) is 1. The first-order valence-electron chi connectivity index (χ1n) is 11.6. The van der Waals surface area contributed by atoms with Crippen molar-refractivity contribution in [2.24, 2.45) is 35.3 Å². The number of piperidine rings is 1. The van der Waals surface area contributed by atoms with Crippen LogP contribution in [0.1, 0.15) is 25.5 Å². The molecule has 2 aliphatic heterocycles. The van der Waals surface area contributed by atoms with Crippen LogP contribution in [0, 0.1) is 35.4 Å². The smallest absolute Gasteiger partial charge is 0.314 e. The number of halogens is 1. The van der Waals surface area contributed by atoms with E-state index in [-0.39, 0.29) is 41.6 Å². The van der Waals surface area contributed by atoms with E-state index in [4.69, 9.17) is 10.5 Å². The van der Waals surface area contributed by atoms with Crippen molar-refractivity contribution in [2.45, 2.75) is 25.9 Å². The van der Waals surface area contributed by atoms with Gasteiger partial charge in [0.15, 0.2) is 0 Å². The highest BCUT2D eigenvalue weighted by Gasteiger charge is 2.54. The first-order chi connectivity index (χ1) is 15.9. The van der Waals surface area contributed by atoms with Crippen molar-refractivity contribution >= 4 is 18.1 Å². The second-order valence-corrected chi connectivity index (χ2v) is 9.48. The van der Waals surface area contributed by atoms with Crippen molar-refractivity contribution in [3.8, 4) is 11.1 Å². The first-order valence-corrected chi connectivity index (χ1v) is 11.6. The highest BCUT2D eigenvalue weighted by Crippen LogP contribution is 2.51. The van der Waals surface area contributed by atoms with Crippen LogP contribution < -0.4 is 5.73 Å². The number of hydrogen-bond acceptors (Lipinski definition) is 4. The minimum absolute atomic E-state index is 0.127. The average molecular weight is 450 g/mol. The van der Waals surface area contributed by atoms with Gasteiger partial charge in [-0.1, -0.05) is 24.3 Å². The third-order valence-corrected chi connectivity index (χ3v) is 7.64. The van der Waals surface area contributed by atoms with Gasteiger partial charge in [0.1, 0.15) is 11.9 Å². The van der Waals surface area contributed by atoms with Crippen LogP contribution in [0.4, 0.5) is 9.18 Å². The van der Waals surface area contributed by atoms with Gasteiger partial charge in [0.2, 0.25) is 0 Å². The summed E-state index contributed by atoms with van der Waals surface area (Å²) in [6.07, 6.45) is 7.41. The van der Waals surface area contributed by atoms with Crippen molar-refractivity contribution in [3.63, 3.8) is 0 Å². The highest BCUT2D eigenvalue weighted by atomic mass is 19.1. The number of fused-ring (bicyclic) bond motifs is 2. The van der Waals surface area contributed by atoms with Crippen LogP contribution in [0.3, 0.4) is 0 Å². The summed E-state index contributed by atoms with van der Waals surface area (Å²) in [5.41, 5.74) is 7.97. The molecular formula is C26H28FN3O3. The molecule has 2 amide bonds. The second kappa shape index (κ2) is 8.61. The Bertz CT molecular complexity index is 1090. The Labute approximate surface area is 192 Å². The van der Waals surface area contributed by atoms with E-state index >= 15 is 0 Å². The molecule has 0 radical (unpaired) electrons. The van der Waals surface area contributed by atoms with Gasteiger partial charge in [-0.3, -0.25) is 9.78 Å². The van der Waals surface area contributed by atoms with Gasteiger partial charge in [-0.05, 0) is 67.4 Å². The number of pyridine rings is 1. The zero-order valence-corrected chi connectivity index (χ0v) is 18.6. The summed E-state index contributed by atoms with van der Waals surface area (Å²) in [6.45, 7) is 3.21. The third kappa shape index (κ3) is 4.12. The topological polar surface area (TPSA) is 85.5 Å². The van der Waals surface area contributed by atoms with E-state index < -0.39 is 6.03 Å². The summed E-state index contributed by atoms with van der Waals surface area (Å²) in [6, 6.07) is 9.91. The number of carbonyl (C=O) groups is 2. The van der Waals surface area contributed by atoms with Crippen LogP contribution in [0.2, 0.25) is 0 Å². The predicted molar refractivity (Wildman–Crippen MR) is 122 cm³/mol. The number of ether oxygens (including phenoxy) is 1. The maximum absolute atomic E-state index is 13.5. The van der Waals surface area contributed by atoms with E-state index in [9.17, 15) is 14.0 Å². The number of esters is 1. The minimum Gasteiger partial charge on any atom is -0.462 e. The van der Waals surface area contributed by atoms with Crippen molar-refractivity contribution in [2.75, 3.05) is 13.1 Å². The number of primary amides is 1. The van der Waals surface area contributed by atoms with Crippen LogP contribution in [0.25, 0.3) is 17.2 Å². The van der Waals surface area contributed by atoms with Crippen LogP contribution in [0.15, 0.2) is 48.7 Å². The van der Waals surface area contributed by atoms with Crippen LogP contribution in [0.5, 0.6) is 0 Å². The number of nitrogens with two attached hydrogens (primary N) is 1. The summed E-state index contributed by atoms with van der Waals surface area (Å²) in [5.74, 6) is 0.328. The summed E-state index contributed by atoms with van der Waals surface area (Å²) in [7, 11) is 0. The lowest BCUT2D eigenvalue weighted by Crippen LogP contribution is -2.52. The number of carbonyl (C=O) groups excluding carboxylic acids is 2. The number of aromatic nitrogens is 1. The molecule has 1 aromatic carbocycles. The molecule has 33 heavy (non-hydrogen) atoms. The Hall–Kier alpha value is -3.22. The summed E-state index contributed by atoms with van der Waals surface area (Å²) < 4.78 is 19.2. The van der Waals surface area contributed by atoms with E-state index in [0.29, 0.717) is 19.0 Å². The quantitative estimate of drug-likeness (QED) is 0.715. The standard InChI is InChI=1S/C26H28FN3O3/c1-15-24-22(8-7-20-6-5-17(13-29-20)16-3-2-4-19(27)11-16)21-9-10-30(26(28)32)14-18(21)12-23(24)25(31)33-15/h2-8,11,13,15,18,21-24H,9-10,12,14H2,1H3,(H2,28,32)/b8-7+/t15-,18-,21-,22+,23-,24+/m1/s1. The van der Waals surface area contributed by atoms with Crippen molar-refractivity contribution in [1.82, 2.24) is 9.88 Å². The zero-order chi connectivity index (χ0) is 23.1. The number of rotatable bonds is 3. The van der Waals surface area contributed by atoms with Crippen molar-refractivity contribution < 1.29 is 18.7 Å². The SMILES string of the molecule is C[C@H]1OC(=O)[C@@H]2C[C@@H]3CN(C(N)=O)CC[C@H]3[C@H](/C=C/c3ccc(-c4cccc(F)c4)cn3)[C@H]12. The van der Waals surface area contributed by atoms with E-state index in [1.807, 2.05) is 31.2 Å². The van der Waals surface area contributed by atoms with E-state index in [1.165, 1.54) is 12.1 Å². The molecule has 1 saturated carbocycles. The van der Waals surface area contributed by atoms with Crippen molar-refractivity contribution in [1.29, 1.82) is 0 Å². The van der Waals surface area contributed by atoms with Crippen molar-refractivity contribution in [3.05, 3.63) is 60.2 Å². The molecule has 7 heteroatoms. The first kappa shape index (κ1) is 21.6. The third-order valence-electron chi connectivity index (χ3n) is 7.64. The lowest BCUT2D eigenvalue weighted by Gasteiger charge is -2.48. The average Bonchev–Trinajstić information content (AvgIpc) is 3.09. The van der Waals surface area contributed by atoms with Gasteiger partial charge in [0.05, 0.1) is 11.6 Å². The normalized spacial score (nSPS) is 31.2. The lowest BCUT2D eigenvalue weighted by molar-refractivity contribution is -0.144. The van der Waals surface area contributed by atoms with Crippen LogP contribution in [-0.2, 0) is 9.53 Å². The van der Waals surface area contributed by atoms with Gasteiger partial charge in [-0.2, -0.15) is 0 Å². The molecule has 0 bridgehead atoms. The molecule has 172 valence electrons. The number of nitrogens with zero attached hydrogens (tertiary/aromatic N) is 2. The predicted octanol–water partition coefficient (Wildman–Crippen LogP) is 4.12. The van der Waals surface area contributed by atoms with E-state index in [1.54, 1.807) is 17.2 Å². The second-order valence-electron chi connectivity index (χ2n) is 9.48. The Morgan fingerprint density at radius 1 is 1.27 bits per heavy atom. The number of likely N-dealkylation sites (tertiary alicyclic amines) is 1. The van der Waals surface area contributed by atoms with Gasteiger partial charge in [0.25, 0.3) is 0 Å². The molecule has 2 aromatic rings. The fourth-order valence-corrected chi connectivity index (χ4v) is 6.11. The molecule has 2 N–H and O–H groups in total. The minimum atomic E-state index is -0.396. The van der Waals surface area contributed by atoms with Gasteiger partial charge in [-0.25, -0.2) is 9.18 Å². The van der Waals surface area contributed by atoms with Gasteiger partial charge >= 0.3 is 12.0 Å². The maximum atomic E-state index is 13.5. The summed E-state index contributed by atoms with van der Waals surface area (Å²) >= 11 is 0. The zero-order valence-electron chi connectivity index (χ0n) is 18.6. The van der Waals surface area contributed by atoms with Crippen LogP contribution >= 0.6 is 0 Å². The molecular weight excluding hydrogens is 421 g/mol. The molecule has 1 aromatic heterocycles. The maximum Gasteiger partial charge on any atom is 0.314 e. The van der Waals surface area contributed by atoms with E-state index in [0.717, 1.165) is 29.7 Å². The highest BCUT2D eigenvalue weighted by molar-refractivity contribution is 5.76. The summed E-state index contributed by atoms with van der Waals surface area (Å²) in [4.78, 5) is 30.5. The molecule has 3 fully saturated rings. The molecule has 0 unspecified atom stereocenters. The molecule has 2 saturated heterocycles. The summed E-state index contributed by atoms with van der Waals surface area (Å²) in [5, 5.41) is 0. The molecule has 3 aliphatic rings. The van der Waals surface area contributed by atoms with Gasteiger partial charge < -0.3 is 15.4 Å². The Kier molecular flexibility index (Phi) is 5.64. The Balaban J connectivity index is 1.39. The molecule has 0 spiro atoms. The van der Waals surface area contributed by atoms with Gasteiger partial charge in [-0.15, -0.1) is 0 Å². The number of amides is 2. The molecule has 5 rings (SSSR count). The number of allylic oxidation sites excluding steroid dienone is 1. The molecule has 6 atom stereocenters. The van der Waals surface area contributed by atoms with Gasteiger partial charge in [0, 0.05) is 30.8 Å². The largest absolute Gasteiger partial charge is 0.462 e. The van der Waals surface area contributed by atoms with Crippen LogP contribution in [-0.4, -0.2) is 41.1 Å². The number of urea groups is 1. The molecule has 3 heterocycles. The number of benzene rings is 1. The lowest BCUT2D eigenvalue weighted by atomic mass is 9.59. The fraction of sp³-hybridized carbons (Fsp3) is 0.423. The Morgan fingerprint density at radius 3 is 2.85 bits per heavy atom. The molecule has 1 aliphatic carbocycles. The fourth-order valence-electron chi connectivity index (χ4n) is 6.11. The number of cyclic esters (lactones) is 1.